The van der Waals surface area contributed by atoms with Crippen LogP contribution in [0.5, 0.6) is 0 Å². The van der Waals surface area contributed by atoms with E-state index in [1.54, 1.807) is 0 Å². The molecule has 2 rings (SSSR count). The first-order chi connectivity index (χ1) is 10.1. The second kappa shape index (κ2) is 6.88. The van der Waals surface area contributed by atoms with E-state index in [2.05, 4.69) is 24.3 Å². The van der Waals surface area contributed by atoms with Crippen LogP contribution < -0.4 is 5.32 Å². The minimum atomic E-state index is -0.452. The van der Waals surface area contributed by atoms with Crippen LogP contribution in [0.4, 0.5) is 0 Å². The van der Waals surface area contributed by atoms with Crippen molar-refractivity contribution in [1.82, 2.24) is 15.5 Å². The summed E-state index contributed by atoms with van der Waals surface area (Å²) in [6.45, 7) is 11.0. The maximum atomic E-state index is 5.86. The Kier molecular flexibility index (Phi) is 5.38. The SMILES string of the molecule is CCCC1(c2nc(C(C)(CC)OCC)no2)CCCNC1. The molecule has 2 heterocycles. The molecule has 0 amide bonds. The van der Waals surface area contributed by atoms with Gasteiger partial charge in [-0.3, -0.25) is 0 Å². The maximum absolute atomic E-state index is 5.86. The third-order valence-electron chi connectivity index (χ3n) is 4.69. The highest BCUT2D eigenvalue weighted by Gasteiger charge is 2.40. The lowest BCUT2D eigenvalue weighted by Crippen LogP contribution is -2.43. The molecule has 120 valence electrons. The lowest BCUT2D eigenvalue weighted by molar-refractivity contribution is -0.0403. The minimum Gasteiger partial charge on any atom is -0.367 e. The van der Waals surface area contributed by atoms with Crippen LogP contribution in [0, 0.1) is 0 Å². The van der Waals surface area contributed by atoms with Crippen molar-refractivity contribution in [2.45, 2.75) is 70.8 Å². The lowest BCUT2D eigenvalue weighted by atomic mass is 9.77. The number of nitrogens with zero attached hydrogens (tertiary/aromatic N) is 2. The zero-order valence-electron chi connectivity index (χ0n) is 13.9. The van der Waals surface area contributed by atoms with Crippen molar-refractivity contribution in [2.75, 3.05) is 19.7 Å². The summed E-state index contributed by atoms with van der Waals surface area (Å²) >= 11 is 0. The zero-order chi connectivity index (χ0) is 15.3. The zero-order valence-corrected chi connectivity index (χ0v) is 13.9. The maximum Gasteiger partial charge on any atom is 0.234 e. The van der Waals surface area contributed by atoms with Crippen molar-refractivity contribution in [2.24, 2.45) is 0 Å². The van der Waals surface area contributed by atoms with Crippen LogP contribution in [-0.4, -0.2) is 29.8 Å². The van der Waals surface area contributed by atoms with E-state index < -0.39 is 5.60 Å². The van der Waals surface area contributed by atoms with Crippen LogP contribution in [-0.2, 0) is 15.8 Å². The van der Waals surface area contributed by atoms with Gasteiger partial charge in [0.2, 0.25) is 11.7 Å². The molecule has 5 nitrogen and oxygen atoms in total. The molecular weight excluding hydrogens is 266 g/mol. The summed E-state index contributed by atoms with van der Waals surface area (Å²) in [5.74, 6) is 1.47. The molecular formula is C16H29N3O2. The van der Waals surface area contributed by atoms with Gasteiger partial charge in [0.15, 0.2) is 0 Å². The summed E-state index contributed by atoms with van der Waals surface area (Å²) in [6, 6.07) is 0. The molecule has 2 unspecified atom stereocenters. The van der Waals surface area contributed by atoms with Crippen LogP contribution in [0.25, 0.3) is 0 Å². The summed E-state index contributed by atoms with van der Waals surface area (Å²) in [4.78, 5) is 4.74. The molecule has 0 radical (unpaired) electrons. The first-order valence-corrected chi connectivity index (χ1v) is 8.29. The standard InChI is InChI=1S/C16H29N3O2/c1-5-9-16(10-8-11-17-12-16)14-18-13(19-21-14)15(4,6-2)20-7-3/h17H,5-12H2,1-4H3. The van der Waals surface area contributed by atoms with E-state index in [1.807, 2.05) is 13.8 Å². The molecule has 0 bridgehead atoms. The van der Waals surface area contributed by atoms with E-state index >= 15 is 0 Å². The van der Waals surface area contributed by atoms with Gasteiger partial charge in [-0.1, -0.05) is 25.4 Å². The molecule has 1 aromatic rings. The molecule has 1 N–H and O–H groups in total. The molecule has 0 aliphatic carbocycles. The second-order valence-corrected chi connectivity index (χ2v) is 6.25. The van der Waals surface area contributed by atoms with Crippen molar-refractivity contribution >= 4 is 0 Å². The molecule has 0 aromatic carbocycles. The Morgan fingerprint density at radius 2 is 2.19 bits per heavy atom. The second-order valence-electron chi connectivity index (χ2n) is 6.25. The number of hydrogen-bond donors (Lipinski definition) is 1. The van der Waals surface area contributed by atoms with Gasteiger partial charge in [0.1, 0.15) is 5.60 Å². The summed E-state index contributed by atoms with van der Waals surface area (Å²) in [6.07, 6.45) is 5.31. The molecule has 0 spiro atoms. The van der Waals surface area contributed by atoms with Crippen molar-refractivity contribution in [3.8, 4) is 0 Å². The number of nitrogens with one attached hydrogen (secondary N) is 1. The van der Waals surface area contributed by atoms with Gasteiger partial charge < -0.3 is 14.6 Å². The number of hydrogen-bond acceptors (Lipinski definition) is 5. The molecule has 1 aliphatic heterocycles. The van der Waals surface area contributed by atoms with Crippen LogP contribution >= 0.6 is 0 Å². The normalized spacial score (nSPS) is 25.7. The quantitative estimate of drug-likeness (QED) is 0.837. The highest BCUT2D eigenvalue weighted by atomic mass is 16.5. The Morgan fingerprint density at radius 1 is 1.38 bits per heavy atom. The molecule has 0 saturated carbocycles. The fourth-order valence-corrected chi connectivity index (χ4v) is 3.25. The minimum absolute atomic E-state index is 0.000877. The van der Waals surface area contributed by atoms with Gasteiger partial charge in [-0.05, 0) is 46.1 Å². The highest BCUT2D eigenvalue weighted by Crippen LogP contribution is 2.36. The molecule has 21 heavy (non-hydrogen) atoms. The fraction of sp³-hybridized carbons (Fsp3) is 0.875. The van der Waals surface area contributed by atoms with E-state index in [9.17, 15) is 0 Å². The highest BCUT2D eigenvalue weighted by molar-refractivity contribution is 5.11. The molecule has 1 fully saturated rings. The number of aromatic nitrogens is 2. The van der Waals surface area contributed by atoms with Crippen LogP contribution in [0.2, 0.25) is 0 Å². The van der Waals surface area contributed by atoms with Gasteiger partial charge in [-0.25, -0.2) is 0 Å². The van der Waals surface area contributed by atoms with Gasteiger partial charge in [0.05, 0.1) is 5.41 Å². The number of rotatable bonds is 7. The predicted octanol–water partition coefficient (Wildman–Crippen LogP) is 3.15. The van der Waals surface area contributed by atoms with E-state index in [-0.39, 0.29) is 5.41 Å². The summed E-state index contributed by atoms with van der Waals surface area (Å²) in [5, 5.41) is 7.73. The summed E-state index contributed by atoms with van der Waals surface area (Å²) < 4.78 is 11.5. The monoisotopic (exact) mass is 295 g/mol. The van der Waals surface area contributed by atoms with Crippen LogP contribution in [0.15, 0.2) is 4.52 Å². The average molecular weight is 295 g/mol. The molecule has 5 heteroatoms. The molecule has 2 atom stereocenters. The summed E-state index contributed by atoms with van der Waals surface area (Å²) in [5.41, 5.74) is -0.453. The van der Waals surface area contributed by atoms with Gasteiger partial charge >= 0.3 is 0 Å². The van der Waals surface area contributed by atoms with Gasteiger partial charge in [-0.2, -0.15) is 4.98 Å². The van der Waals surface area contributed by atoms with E-state index in [0.717, 1.165) is 51.1 Å². The third-order valence-corrected chi connectivity index (χ3v) is 4.69. The average Bonchev–Trinajstić information content (AvgIpc) is 3.00. The van der Waals surface area contributed by atoms with Crippen molar-refractivity contribution in [1.29, 1.82) is 0 Å². The van der Waals surface area contributed by atoms with Crippen molar-refractivity contribution < 1.29 is 9.26 Å². The molecule has 1 aliphatic rings. The molecule has 1 saturated heterocycles. The largest absolute Gasteiger partial charge is 0.367 e. The van der Waals surface area contributed by atoms with Crippen molar-refractivity contribution in [3.63, 3.8) is 0 Å². The van der Waals surface area contributed by atoms with E-state index in [4.69, 9.17) is 14.2 Å². The fourth-order valence-electron chi connectivity index (χ4n) is 3.25. The first-order valence-electron chi connectivity index (χ1n) is 8.29. The Morgan fingerprint density at radius 3 is 2.76 bits per heavy atom. The Labute approximate surface area is 127 Å². The van der Waals surface area contributed by atoms with Crippen LogP contribution in [0.3, 0.4) is 0 Å². The van der Waals surface area contributed by atoms with Crippen molar-refractivity contribution in [3.05, 3.63) is 11.7 Å². The van der Waals surface area contributed by atoms with Gasteiger partial charge in [0.25, 0.3) is 0 Å². The van der Waals surface area contributed by atoms with Gasteiger partial charge in [-0.15, -0.1) is 0 Å². The lowest BCUT2D eigenvalue weighted by Gasteiger charge is -2.34. The third kappa shape index (κ3) is 3.29. The van der Waals surface area contributed by atoms with Crippen LogP contribution in [0.1, 0.15) is 71.5 Å². The Balaban J connectivity index is 2.28. The summed E-state index contributed by atoms with van der Waals surface area (Å²) in [7, 11) is 0. The predicted molar refractivity (Wildman–Crippen MR) is 82.3 cm³/mol. The smallest absolute Gasteiger partial charge is 0.234 e. The molecule has 1 aromatic heterocycles. The Bertz CT molecular complexity index is 435. The first kappa shape index (κ1) is 16.4. The van der Waals surface area contributed by atoms with E-state index in [1.165, 1.54) is 0 Å². The number of ether oxygens (including phenoxy) is 1. The topological polar surface area (TPSA) is 60.2 Å². The Hall–Kier alpha value is -0.940. The van der Waals surface area contributed by atoms with Gasteiger partial charge in [0, 0.05) is 13.2 Å². The van der Waals surface area contributed by atoms with E-state index in [0.29, 0.717) is 12.4 Å². The number of piperidine rings is 1.